The van der Waals surface area contributed by atoms with Crippen LogP contribution in [0.15, 0.2) is 28.9 Å². The molecule has 1 amide bonds. The number of carbonyl (C=O) groups is 1. The summed E-state index contributed by atoms with van der Waals surface area (Å²) in [5, 5.41) is 5.94. The maximum atomic E-state index is 12.8. The van der Waals surface area contributed by atoms with Crippen LogP contribution in [-0.2, 0) is 0 Å². The van der Waals surface area contributed by atoms with Crippen molar-refractivity contribution in [3.8, 4) is 10.7 Å². The zero-order valence-electron chi connectivity index (χ0n) is 16.6. The van der Waals surface area contributed by atoms with Crippen LogP contribution in [0.1, 0.15) is 28.9 Å². The summed E-state index contributed by atoms with van der Waals surface area (Å²) in [6.07, 6.45) is 5.46. The fraction of sp³-hybridized carbons (Fsp3) is 0.476. The fourth-order valence-electron chi connectivity index (χ4n) is 4.08. The SMILES string of the molecule is CN1CCN(C(=O)c2cnc(-c3noc4cc(N5CCCCC5)ccc34)s2)CC1. The number of carbonyl (C=O) groups excluding carboxylic acids is 1. The molecule has 7 nitrogen and oxygen atoms in total. The van der Waals surface area contributed by atoms with Crippen molar-refractivity contribution in [3.63, 3.8) is 0 Å². The second kappa shape index (κ2) is 7.76. The van der Waals surface area contributed by atoms with E-state index in [0.29, 0.717) is 10.6 Å². The van der Waals surface area contributed by atoms with Gasteiger partial charge in [0.2, 0.25) is 0 Å². The predicted molar refractivity (Wildman–Crippen MR) is 115 cm³/mol. The van der Waals surface area contributed by atoms with Gasteiger partial charge in [-0.05, 0) is 38.4 Å². The highest BCUT2D eigenvalue weighted by Gasteiger charge is 2.24. The van der Waals surface area contributed by atoms with E-state index in [1.54, 1.807) is 6.20 Å². The van der Waals surface area contributed by atoms with Crippen LogP contribution in [0, 0.1) is 0 Å². The van der Waals surface area contributed by atoms with Gasteiger partial charge >= 0.3 is 0 Å². The quantitative estimate of drug-likeness (QED) is 0.659. The van der Waals surface area contributed by atoms with Crippen LogP contribution in [0.3, 0.4) is 0 Å². The second-order valence-electron chi connectivity index (χ2n) is 7.88. The molecule has 2 fully saturated rings. The average Bonchev–Trinajstić information content (AvgIpc) is 3.41. The first-order valence-electron chi connectivity index (χ1n) is 10.3. The van der Waals surface area contributed by atoms with Crippen molar-refractivity contribution in [2.75, 3.05) is 51.2 Å². The summed E-state index contributed by atoms with van der Waals surface area (Å²) in [5.74, 6) is 0.0574. The Hall–Kier alpha value is -2.45. The maximum Gasteiger partial charge on any atom is 0.265 e. The van der Waals surface area contributed by atoms with Crippen LogP contribution in [0.25, 0.3) is 21.7 Å². The van der Waals surface area contributed by atoms with Gasteiger partial charge in [-0.15, -0.1) is 11.3 Å². The molecule has 2 aromatic heterocycles. The molecule has 2 aliphatic heterocycles. The van der Waals surface area contributed by atoms with Crippen LogP contribution in [0.2, 0.25) is 0 Å². The number of fused-ring (bicyclic) bond motifs is 1. The molecule has 0 saturated carbocycles. The van der Waals surface area contributed by atoms with Crippen molar-refractivity contribution in [3.05, 3.63) is 29.3 Å². The molecule has 0 N–H and O–H groups in total. The number of aromatic nitrogens is 2. The number of likely N-dealkylation sites (N-methyl/N-ethyl adjacent to an activating group) is 1. The van der Waals surface area contributed by atoms with Gasteiger partial charge in [-0.1, -0.05) is 5.16 Å². The van der Waals surface area contributed by atoms with E-state index in [4.69, 9.17) is 4.52 Å². The predicted octanol–water partition coefficient (Wildman–Crippen LogP) is 3.33. The van der Waals surface area contributed by atoms with Gasteiger partial charge in [0.15, 0.2) is 5.58 Å². The molecule has 0 unspecified atom stereocenters. The molecule has 1 aromatic carbocycles. The highest BCUT2D eigenvalue weighted by molar-refractivity contribution is 7.17. The highest BCUT2D eigenvalue weighted by atomic mass is 32.1. The van der Waals surface area contributed by atoms with Crippen LogP contribution >= 0.6 is 11.3 Å². The minimum atomic E-state index is 0.0574. The lowest BCUT2D eigenvalue weighted by Crippen LogP contribution is -2.46. The second-order valence-corrected chi connectivity index (χ2v) is 8.92. The average molecular weight is 412 g/mol. The van der Waals surface area contributed by atoms with Crippen LogP contribution in [0.5, 0.6) is 0 Å². The Morgan fingerprint density at radius 3 is 2.66 bits per heavy atom. The summed E-state index contributed by atoms with van der Waals surface area (Å²) in [6.45, 7) is 5.52. The molecular formula is C21H25N5O2S. The van der Waals surface area contributed by atoms with E-state index in [9.17, 15) is 4.79 Å². The Balaban J connectivity index is 1.38. The van der Waals surface area contributed by atoms with Gasteiger partial charge in [0.05, 0.1) is 11.6 Å². The van der Waals surface area contributed by atoms with Gasteiger partial charge < -0.3 is 19.2 Å². The molecule has 0 spiro atoms. The topological polar surface area (TPSA) is 65.7 Å². The molecule has 2 saturated heterocycles. The first kappa shape index (κ1) is 18.6. The minimum Gasteiger partial charge on any atom is -0.371 e. The molecular weight excluding hydrogens is 386 g/mol. The Bertz CT molecular complexity index is 1020. The van der Waals surface area contributed by atoms with E-state index in [-0.39, 0.29) is 5.91 Å². The number of piperazine rings is 1. The summed E-state index contributed by atoms with van der Waals surface area (Å²) in [6, 6.07) is 6.27. The van der Waals surface area contributed by atoms with Crippen molar-refractivity contribution in [1.82, 2.24) is 19.9 Å². The number of rotatable bonds is 3. The van der Waals surface area contributed by atoms with E-state index in [1.165, 1.54) is 36.3 Å². The van der Waals surface area contributed by atoms with Gasteiger partial charge in [-0.3, -0.25) is 4.79 Å². The number of amides is 1. The molecule has 0 aliphatic carbocycles. The molecule has 0 radical (unpaired) electrons. The summed E-state index contributed by atoms with van der Waals surface area (Å²) in [5.41, 5.74) is 2.67. The van der Waals surface area contributed by atoms with Crippen molar-refractivity contribution in [1.29, 1.82) is 0 Å². The summed E-state index contributed by atoms with van der Waals surface area (Å²) in [7, 11) is 2.08. The lowest BCUT2D eigenvalue weighted by Gasteiger charge is -2.31. The van der Waals surface area contributed by atoms with E-state index in [2.05, 4.69) is 45.2 Å². The van der Waals surface area contributed by atoms with E-state index in [0.717, 1.165) is 55.2 Å². The third-order valence-electron chi connectivity index (χ3n) is 5.89. The van der Waals surface area contributed by atoms with Gasteiger partial charge in [-0.25, -0.2) is 4.98 Å². The van der Waals surface area contributed by atoms with Crippen LogP contribution in [0.4, 0.5) is 5.69 Å². The van der Waals surface area contributed by atoms with Gasteiger partial charge in [0, 0.05) is 51.0 Å². The standard InChI is InChI=1S/C21H25N5O2S/c1-24-9-11-26(12-10-24)21(27)18-14-22-20(29-18)19-16-6-5-15(13-17(16)28-23-19)25-7-3-2-4-8-25/h5-6,13-14H,2-4,7-12H2,1H3. The molecule has 4 heterocycles. The highest BCUT2D eigenvalue weighted by Crippen LogP contribution is 2.34. The van der Waals surface area contributed by atoms with Gasteiger partial charge in [0.25, 0.3) is 5.91 Å². The lowest BCUT2D eigenvalue weighted by molar-refractivity contribution is 0.0668. The Morgan fingerprint density at radius 1 is 1.07 bits per heavy atom. The summed E-state index contributed by atoms with van der Waals surface area (Å²) >= 11 is 1.39. The van der Waals surface area contributed by atoms with Crippen LogP contribution < -0.4 is 4.90 Å². The van der Waals surface area contributed by atoms with Crippen molar-refractivity contribution >= 4 is 33.9 Å². The smallest absolute Gasteiger partial charge is 0.265 e. The summed E-state index contributed by atoms with van der Waals surface area (Å²) in [4.78, 5) is 24.5. The minimum absolute atomic E-state index is 0.0574. The molecule has 0 atom stereocenters. The summed E-state index contributed by atoms with van der Waals surface area (Å²) < 4.78 is 5.62. The zero-order chi connectivity index (χ0) is 19.8. The molecule has 3 aromatic rings. The zero-order valence-corrected chi connectivity index (χ0v) is 17.5. The van der Waals surface area contributed by atoms with E-state index >= 15 is 0 Å². The Labute approximate surface area is 173 Å². The number of benzene rings is 1. The van der Waals surface area contributed by atoms with E-state index in [1.807, 2.05) is 4.90 Å². The molecule has 0 bridgehead atoms. The fourth-order valence-corrected chi connectivity index (χ4v) is 4.96. The molecule has 2 aliphatic rings. The lowest BCUT2D eigenvalue weighted by atomic mass is 10.1. The largest absolute Gasteiger partial charge is 0.371 e. The van der Waals surface area contributed by atoms with E-state index < -0.39 is 0 Å². The number of hydrogen-bond donors (Lipinski definition) is 0. The third-order valence-corrected chi connectivity index (χ3v) is 6.88. The number of piperidine rings is 1. The number of anilines is 1. The number of hydrogen-bond acceptors (Lipinski definition) is 7. The van der Waals surface area contributed by atoms with Crippen molar-refractivity contribution in [2.24, 2.45) is 0 Å². The number of nitrogens with zero attached hydrogens (tertiary/aromatic N) is 5. The third kappa shape index (κ3) is 3.62. The van der Waals surface area contributed by atoms with Crippen molar-refractivity contribution in [2.45, 2.75) is 19.3 Å². The molecule has 152 valence electrons. The van der Waals surface area contributed by atoms with Crippen molar-refractivity contribution < 1.29 is 9.32 Å². The molecule has 29 heavy (non-hydrogen) atoms. The Kier molecular flexibility index (Phi) is 4.97. The Morgan fingerprint density at radius 2 is 1.86 bits per heavy atom. The monoisotopic (exact) mass is 411 g/mol. The first-order chi connectivity index (χ1) is 14.2. The molecule has 5 rings (SSSR count). The normalized spacial score (nSPS) is 18.5. The van der Waals surface area contributed by atoms with Crippen LogP contribution in [-0.4, -0.2) is 72.2 Å². The van der Waals surface area contributed by atoms with Gasteiger partial charge in [-0.2, -0.15) is 0 Å². The maximum absolute atomic E-state index is 12.8. The first-order valence-corrected chi connectivity index (χ1v) is 11.1. The molecule has 8 heteroatoms. The van der Waals surface area contributed by atoms with Gasteiger partial charge in [0.1, 0.15) is 15.6 Å². The number of thiazole rings is 1.